The van der Waals surface area contributed by atoms with E-state index in [9.17, 15) is 13.5 Å². The fourth-order valence-corrected chi connectivity index (χ4v) is 1.85. The normalized spacial score (nSPS) is 17.8. The summed E-state index contributed by atoms with van der Waals surface area (Å²) in [6, 6.07) is 6.25. The first-order valence-electron chi connectivity index (χ1n) is 4.58. The van der Waals surface area contributed by atoms with Gasteiger partial charge in [-0.15, -0.1) is 0 Å². The van der Waals surface area contributed by atoms with E-state index in [0.29, 0.717) is 11.3 Å². The fraction of sp³-hybridized carbons (Fsp3) is 0.400. The van der Waals surface area contributed by atoms with Gasteiger partial charge in [0.05, 0.1) is 0 Å². The number of aliphatic hydroxyl groups is 1. The van der Waals surface area contributed by atoms with Crippen LogP contribution in [-0.4, -0.2) is 24.0 Å². The van der Waals surface area contributed by atoms with Crippen molar-refractivity contribution in [3.63, 3.8) is 0 Å². The summed E-state index contributed by atoms with van der Waals surface area (Å²) in [5.41, 5.74) is 6.44. The van der Waals surface area contributed by atoms with Crippen LogP contribution >= 0.6 is 11.6 Å². The SMILES string of the molecule is C[C@](Cl)([C@@H](O)c1ccc(N)cc1)S(C)(=O)=O. The number of anilines is 1. The lowest BCUT2D eigenvalue weighted by molar-refractivity contribution is 0.163. The van der Waals surface area contributed by atoms with Crippen LogP contribution in [0.1, 0.15) is 18.6 Å². The molecular formula is C10H14ClNO3S. The zero-order valence-electron chi connectivity index (χ0n) is 9.01. The average molecular weight is 264 g/mol. The lowest BCUT2D eigenvalue weighted by atomic mass is 10.1. The molecule has 16 heavy (non-hydrogen) atoms. The molecule has 90 valence electrons. The molecule has 0 saturated heterocycles. The molecule has 0 radical (unpaired) electrons. The summed E-state index contributed by atoms with van der Waals surface area (Å²) in [5, 5.41) is 9.92. The van der Waals surface area contributed by atoms with Crippen molar-refractivity contribution in [2.75, 3.05) is 12.0 Å². The van der Waals surface area contributed by atoms with E-state index in [0.717, 1.165) is 6.26 Å². The second kappa shape index (κ2) is 4.24. The molecule has 0 aliphatic heterocycles. The minimum Gasteiger partial charge on any atom is -0.399 e. The van der Waals surface area contributed by atoms with Crippen LogP contribution in [0.3, 0.4) is 0 Å². The van der Waals surface area contributed by atoms with Crippen LogP contribution in [0, 0.1) is 0 Å². The van der Waals surface area contributed by atoms with Crippen LogP contribution in [0.5, 0.6) is 0 Å². The molecule has 0 heterocycles. The number of halogens is 1. The summed E-state index contributed by atoms with van der Waals surface area (Å²) in [6.45, 7) is 1.27. The van der Waals surface area contributed by atoms with Gasteiger partial charge in [0, 0.05) is 11.9 Å². The highest BCUT2D eigenvalue weighted by Crippen LogP contribution is 2.36. The molecule has 0 amide bonds. The molecule has 0 aliphatic carbocycles. The Kier molecular flexibility index (Phi) is 3.52. The van der Waals surface area contributed by atoms with Gasteiger partial charge in [-0.2, -0.15) is 0 Å². The Hall–Kier alpha value is -0.780. The molecule has 3 N–H and O–H groups in total. The summed E-state index contributed by atoms with van der Waals surface area (Å²) in [5.74, 6) is 0. The molecule has 0 aromatic heterocycles. The zero-order chi connectivity index (χ0) is 12.6. The Bertz CT molecular complexity index is 467. The predicted octanol–water partition coefficient (Wildman–Crippen LogP) is 1.30. The number of hydrogen-bond donors (Lipinski definition) is 2. The molecule has 1 aromatic rings. The molecule has 0 bridgehead atoms. The number of aliphatic hydroxyl groups excluding tert-OH is 1. The van der Waals surface area contributed by atoms with Gasteiger partial charge in [0.1, 0.15) is 6.10 Å². The molecule has 1 rings (SSSR count). The van der Waals surface area contributed by atoms with E-state index >= 15 is 0 Å². The molecule has 0 aliphatic rings. The van der Waals surface area contributed by atoms with Gasteiger partial charge < -0.3 is 10.8 Å². The number of benzene rings is 1. The first-order valence-corrected chi connectivity index (χ1v) is 6.85. The summed E-state index contributed by atoms with van der Waals surface area (Å²) < 4.78 is 21.1. The highest BCUT2D eigenvalue weighted by atomic mass is 35.5. The number of rotatable bonds is 3. The minimum absolute atomic E-state index is 0.414. The predicted molar refractivity (Wildman–Crippen MR) is 64.9 cm³/mol. The topological polar surface area (TPSA) is 80.4 Å². The van der Waals surface area contributed by atoms with Gasteiger partial charge in [-0.25, -0.2) is 8.42 Å². The highest BCUT2D eigenvalue weighted by Gasteiger charge is 2.41. The monoisotopic (exact) mass is 263 g/mol. The maximum Gasteiger partial charge on any atom is 0.172 e. The maximum absolute atomic E-state index is 11.4. The molecule has 6 heteroatoms. The molecule has 0 fully saturated rings. The van der Waals surface area contributed by atoms with Gasteiger partial charge in [0.2, 0.25) is 0 Å². The van der Waals surface area contributed by atoms with Gasteiger partial charge in [0.15, 0.2) is 14.0 Å². The van der Waals surface area contributed by atoms with Crippen LogP contribution in [0.15, 0.2) is 24.3 Å². The van der Waals surface area contributed by atoms with Crippen molar-refractivity contribution >= 4 is 27.1 Å². The van der Waals surface area contributed by atoms with Crippen LogP contribution in [-0.2, 0) is 9.84 Å². The van der Waals surface area contributed by atoms with Gasteiger partial charge in [-0.1, -0.05) is 23.7 Å². The third-order valence-electron chi connectivity index (χ3n) is 2.47. The maximum atomic E-state index is 11.4. The Balaban J connectivity index is 3.12. The van der Waals surface area contributed by atoms with E-state index in [1.807, 2.05) is 0 Å². The van der Waals surface area contributed by atoms with Crippen molar-refractivity contribution in [1.29, 1.82) is 0 Å². The average Bonchev–Trinajstić information content (AvgIpc) is 2.16. The van der Waals surface area contributed by atoms with Gasteiger partial charge >= 0.3 is 0 Å². The van der Waals surface area contributed by atoms with Crippen LogP contribution in [0.4, 0.5) is 5.69 Å². The number of sulfone groups is 1. The molecule has 4 nitrogen and oxygen atoms in total. The number of nitrogens with two attached hydrogens (primary N) is 1. The van der Waals surface area contributed by atoms with Crippen molar-refractivity contribution < 1.29 is 13.5 Å². The lowest BCUT2D eigenvalue weighted by Gasteiger charge is -2.26. The van der Waals surface area contributed by atoms with E-state index in [1.54, 1.807) is 24.3 Å². The van der Waals surface area contributed by atoms with E-state index < -0.39 is 20.1 Å². The van der Waals surface area contributed by atoms with Crippen LogP contribution in [0.25, 0.3) is 0 Å². The number of nitrogen functional groups attached to an aromatic ring is 1. The van der Waals surface area contributed by atoms with E-state index in [4.69, 9.17) is 17.3 Å². The first-order chi connectivity index (χ1) is 7.16. The second-order valence-corrected chi connectivity index (χ2v) is 7.23. The van der Waals surface area contributed by atoms with Crippen molar-refractivity contribution in [2.45, 2.75) is 17.2 Å². The molecule has 0 saturated carbocycles. The van der Waals surface area contributed by atoms with E-state index in [-0.39, 0.29) is 0 Å². The van der Waals surface area contributed by atoms with Gasteiger partial charge in [-0.05, 0) is 24.6 Å². The molecule has 0 unspecified atom stereocenters. The molecule has 0 spiro atoms. The Morgan fingerprint density at radius 1 is 1.38 bits per heavy atom. The van der Waals surface area contributed by atoms with Crippen LogP contribution < -0.4 is 5.73 Å². The standard InChI is InChI=1S/C10H14ClNO3S/c1-10(11,16(2,14)15)9(13)7-3-5-8(12)6-4-7/h3-6,9,13H,12H2,1-2H3/t9-,10+/m0/s1. The molecular weight excluding hydrogens is 250 g/mol. The van der Waals surface area contributed by atoms with Crippen molar-refractivity contribution in [2.24, 2.45) is 0 Å². The summed E-state index contributed by atoms with van der Waals surface area (Å²) in [6.07, 6.45) is -0.315. The Morgan fingerprint density at radius 3 is 2.19 bits per heavy atom. The summed E-state index contributed by atoms with van der Waals surface area (Å²) in [7, 11) is -3.58. The summed E-state index contributed by atoms with van der Waals surface area (Å²) in [4.78, 5) is 0. The van der Waals surface area contributed by atoms with Crippen molar-refractivity contribution in [3.8, 4) is 0 Å². The highest BCUT2D eigenvalue weighted by molar-refractivity contribution is 7.93. The number of hydrogen-bond acceptors (Lipinski definition) is 4. The van der Waals surface area contributed by atoms with Gasteiger partial charge in [0.25, 0.3) is 0 Å². The molecule has 2 atom stereocenters. The quantitative estimate of drug-likeness (QED) is 0.636. The Morgan fingerprint density at radius 2 is 1.81 bits per heavy atom. The molecule has 1 aromatic carbocycles. The van der Waals surface area contributed by atoms with E-state index in [2.05, 4.69) is 0 Å². The third-order valence-corrected chi connectivity index (χ3v) is 5.19. The second-order valence-electron chi connectivity index (χ2n) is 3.83. The largest absolute Gasteiger partial charge is 0.399 e. The Labute approximate surface area is 100.0 Å². The van der Waals surface area contributed by atoms with E-state index in [1.165, 1.54) is 6.92 Å². The summed E-state index contributed by atoms with van der Waals surface area (Å²) >= 11 is 5.87. The first kappa shape index (κ1) is 13.3. The lowest BCUT2D eigenvalue weighted by Crippen LogP contribution is -2.35. The third kappa shape index (κ3) is 2.48. The number of alkyl halides is 1. The van der Waals surface area contributed by atoms with Crippen molar-refractivity contribution in [3.05, 3.63) is 29.8 Å². The van der Waals surface area contributed by atoms with Gasteiger partial charge in [-0.3, -0.25) is 0 Å². The zero-order valence-corrected chi connectivity index (χ0v) is 10.6. The van der Waals surface area contributed by atoms with Crippen LogP contribution in [0.2, 0.25) is 0 Å². The minimum atomic E-state index is -3.58. The van der Waals surface area contributed by atoms with Crippen molar-refractivity contribution in [1.82, 2.24) is 0 Å². The smallest absolute Gasteiger partial charge is 0.172 e. The fourth-order valence-electron chi connectivity index (χ4n) is 1.18.